The second-order valence-corrected chi connectivity index (χ2v) is 9.05. The lowest BCUT2D eigenvalue weighted by Crippen LogP contribution is -2.31. The maximum atomic E-state index is 15.2. The number of nitrogens with two attached hydrogens (primary N) is 1. The van der Waals surface area contributed by atoms with Crippen molar-refractivity contribution in [2.45, 2.75) is 18.9 Å². The molecule has 0 aliphatic carbocycles. The first-order valence-electron chi connectivity index (χ1n) is 11.3. The van der Waals surface area contributed by atoms with Gasteiger partial charge in [0, 0.05) is 59.8 Å². The molecular formula is C26H28FN5O. The molecular weight excluding hydrogens is 417 g/mol. The number of nitrogen functional groups attached to an aromatic ring is 1. The Morgan fingerprint density at radius 1 is 1.09 bits per heavy atom. The number of rotatable bonds is 4. The van der Waals surface area contributed by atoms with Gasteiger partial charge < -0.3 is 20.9 Å². The normalized spacial score (nSPS) is 17.9. The molecule has 170 valence electrons. The maximum Gasteiger partial charge on any atom is 0.251 e. The van der Waals surface area contributed by atoms with E-state index in [-0.39, 0.29) is 11.7 Å². The Labute approximate surface area is 193 Å². The number of hydrogen-bond donors (Lipinski definition) is 2. The van der Waals surface area contributed by atoms with Crippen molar-refractivity contribution in [3.05, 3.63) is 65.6 Å². The summed E-state index contributed by atoms with van der Waals surface area (Å²) in [4.78, 5) is 20.9. The van der Waals surface area contributed by atoms with Crippen LogP contribution >= 0.6 is 0 Å². The minimum absolute atomic E-state index is 0.0558. The van der Waals surface area contributed by atoms with Crippen molar-refractivity contribution in [3.63, 3.8) is 0 Å². The van der Waals surface area contributed by atoms with Crippen LogP contribution in [-0.4, -0.2) is 55.6 Å². The average molecular weight is 446 g/mol. The summed E-state index contributed by atoms with van der Waals surface area (Å²) in [5.41, 5.74) is 11.5. The van der Waals surface area contributed by atoms with E-state index in [1.165, 1.54) is 0 Å². The highest BCUT2D eigenvalue weighted by Gasteiger charge is 2.25. The third-order valence-electron chi connectivity index (χ3n) is 6.78. The van der Waals surface area contributed by atoms with Crippen molar-refractivity contribution < 1.29 is 9.18 Å². The second-order valence-electron chi connectivity index (χ2n) is 9.05. The molecule has 1 aromatic heterocycles. The topological polar surface area (TPSA) is 74.5 Å². The van der Waals surface area contributed by atoms with Crippen LogP contribution in [0, 0.1) is 5.82 Å². The molecule has 6 nitrogen and oxygen atoms in total. The Morgan fingerprint density at radius 2 is 1.91 bits per heavy atom. The lowest BCUT2D eigenvalue weighted by atomic mass is 9.94. The Bertz CT molecular complexity index is 1230. The third-order valence-corrected chi connectivity index (χ3v) is 6.78. The first kappa shape index (κ1) is 21.4. The molecule has 1 fully saturated rings. The van der Waals surface area contributed by atoms with Crippen LogP contribution in [-0.2, 0) is 6.42 Å². The average Bonchev–Trinajstić information content (AvgIpc) is 3.30. The van der Waals surface area contributed by atoms with E-state index in [0.29, 0.717) is 35.1 Å². The van der Waals surface area contributed by atoms with Crippen LogP contribution in [0.25, 0.3) is 22.3 Å². The molecule has 2 aliphatic rings. The lowest BCUT2D eigenvalue weighted by Gasteiger charge is -2.22. The van der Waals surface area contributed by atoms with Crippen molar-refractivity contribution in [1.82, 2.24) is 15.2 Å². The maximum absolute atomic E-state index is 15.2. The van der Waals surface area contributed by atoms with Crippen molar-refractivity contribution >= 4 is 17.4 Å². The van der Waals surface area contributed by atoms with Gasteiger partial charge >= 0.3 is 0 Å². The van der Waals surface area contributed by atoms with Crippen LogP contribution in [0.1, 0.15) is 22.3 Å². The number of anilines is 2. The van der Waals surface area contributed by atoms with E-state index in [1.807, 2.05) is 36.4 Å². The summed E-state index contributed by atoms with van der Waals surface area (Å²) >= 11 is 0. The summed E-state index contributed by atoms with van der Waals surface area (Å²) in [6, 6.07) is 13.4. The van der Waals surface area contributed by atoms with E-state index in [1.54, 1.807) is 12.3 Å². The van der Waals surface area contributed by atoms with Crippen LogP contribution in [0.15, 0.2) is 48.7 Å². The van der Waals surface area contributed by atoms with Gasteiger partial charge in [0.1, 0.15) is 11.6 Å². The van der Waals surface area contributed by atoms with Gasteiger partial charge in [-0.25, -0.2) is 9.37 Å². The van der Waals surface area contributed by atoms with Crippen molar-refractivity contribution in [1.29, 1.82) is 0 Å². The zero-order valence-electron chi connectivity index (χ0n) is 18.9. The molecule has 0 radical (unpaired) electrons. The predicted octanol–water partition coefficient (Wildman–Crippen LogP) is 3.56. The largest absolute Gasteiger partial charge is 0.383 e. The number of nitrogens with one attached hydrogen (secondary N) is 1. The minimum Gasteiger partial charge on any atom is -0.383 e. The standard InChI is InChI=1S/C26H28FN5O/c1-31(2)20-8-10-32(15-20)19-4-6-21(24(27)13-19)18-12-23(25(28)30-14-18)16-3-5-22-17(11-16)7-9-29-26(22)33/h3-6,11-14,20H,7-10,15H2,1-2H3,(H2,28,30)(H,29,33). The minimum atomic E-state index is -0.277. The molecule has 0 spiro atoms. The van der Waals surface area contributed by atoms with Crippen LogP contribution in [0.2, 0.25) is 0 Å². The van der Waals surface area contributed by atoms with Gasteiger partial charge in [-0.15, -0.1) is 0 Å². The molecule has 33 heavy (non-hydrogen) atoms. The van der Waals surface area contributed by atoms with E-state index in [4.69, 9.17) is 5.73 Å². The summed E-state index contributed by atoms with van der Waals surface area (Å²) in [5, 5.41) is 2.85. The number of benzene rings is 2. The fourth-order valence-corrected chi connectivity index (χ4v) is 4.78. The number of carbonyl (C=O) groups excluding carboxylic acids is 1. The fourth-order valence-electron chi connectivity index (χ4n) is 4.78. The lowest BCUT2D eigenvalue weighted by molar-refractivity contribution is 0.0946. The van der Waals surface area contributed by atoms with Crippen LogP contribution in [0.4, 0.5) is 15.9 Å². The van der Waals surface area contributed by atoms with Crippen molar-refractivity contribution in [2.24, 2.45) is 0 Å². The van der Waals surface area contributed by atoms with Gasteiger partial charge in [-0.05, 0) is 68.4 Å². The number of aromatic nitrogens is 1. The second kappa shape index (κ2) is 8.48. The molecule has 0 saturated carbocycles. The van der Waals surface area contributed by atoms with E-state index in [0.717, 1.165) is 48.3 Å². The Kier molecular flexibility index (Phi) is 5.50. The first-order chi connectivity index (χ1) is 15.9. The van der Waals surface area contributed by atoms with Gasteiger partial charge in [0.05, 0.1) is 0 Å². The van der Waals surface area contributed by atoms with Gasteiger partial charge in [-0.1, -0.05) is 12.1 Å². The number of fused-ring (bicyclic) bond motifs is 1. The molecule has 1 unspecified atom stereocenters. The molecule has 3 aromatic rings. The monoisotopic (exact) mass is 445 g/mol. The van der Waals surface area contributed by atoms with Gasteiger partial charge in [0.25, 0.3) is 5.91 Å². The Morgan fingerprint density at radius 3 is 2.67 bits per heavy atom. The number of halogens is 1. The van der Waals surface area contributed by atoms with E-state index in [9.17, 15) is 4.79 Å². The first-order valence-corrected chi connectivity index (χ1v) is 11.3. The molecule has 3 N–H and O–H groups in total. The smallest absolute Gasteiger partial charge is 0.251 e. The number of nitrogens with zero attached hydrogens (tertiary/aromatic N) is 3. The molecule has 7 heteroatoms. The van der Waals surface area contributed by atoms with Gasteiger partial charge in [-0.3, -0.25) is 4.79 Å². The molecule has 3 heterocycles. The number of hydrogen-bond acceptors (Lipinski definition) is 5. The molecule has 1 atom stereocenters. The highest BCUT2D eigenvalue weighted by atomic mass is 19.1. The number of amides is 1. The van der Waals surface area contributed by atoms with Crippen molar-refractivity contribution in [2.75, 3.05) is 44.4 Å². The Balaban J connectivity index is 1.45. The summed E-state index contributed by atoms with van der Waals surface area (Å²) in [6.45, 7) is 2.44. The molecule has 0 bridgehead atoms. The third kappa shape index (κ3) is 4.04. The molecule has 2 aliphatic heterocycles. The van der Waals surface area contributed by atoms with E-state index < -0.39 is 0 Å². The fraction of sp³-hybridized carbons (Fsp3) is 0.308. The summed E-state index contributed by atoms with van der Waals surface area (Å²) < 4.78 is 15.2. The molecule has 1 saturated heterocycles. The molecule has 1 amide bonds. The van der Waals surface area contributed by atoms with E-state index in [2.05, 4.69) is 34.2 Å². The number of pyridine rings is 1. The summed E-state index contributed by atoms with van der Waals surface area (Å²) in [7, 11) is 4.17. The predicted molar refractivity (Wildman–Crippen MR) is 130 cm³/mol. The Hall–Kier alpha value is -3.45. The van der Waals surface area contributed by atoms with Crippen LogP contribution in [0.5, 0.6) is 0 Å². The SMILES string of the molecule is CN(C)C1CCN(c2ccc(-c3cnc(N)c(-c4ccc5c(c4)CCNC5=O)c3)c(F)c2)C1. The highest BCUT2D eigenvalue weighted by molar-refractivity contribution is 5.97. The molecule has 2 aromatic carbocycles. The molecule has 5 rings (SSSR count). The van der Waals surface area contributed by atoms with Gasteiger partial charge in [0.15, 0.2) is 0 Å². The summed E-state index contributed by atoms with van der Waals surface area (Å²) in [6.07, 6.45) is 3.45. The van der Waals surface area contributed by atoms with Gasteiger partial charge in [0.2, 0.25) is 0 Å². The van der Waals surface area contributed by atoms with Crippen LogP contribution in [0.3, 0.4) is 0 Å². The highest BCUT2D eigenvalue weighted by Crippen LogP contribution is 2.34. The van der Waals surface area contributed by atoms with Crippen LogP contribution < -0.4 is 16.0 Å². The number of likely N-dealkylation sites (N-methyl/N-ethyl adjacent to an activating group) is 1. The number of carbonyl (C=O) groups is 1. The quantitative estimate of drug-likeness (QED) is 0.642. The van der Waals surface area contributed by atoms with Crippen molar-refractivity contribution in [3.8, 4) is 22.3 Å². The summed E-state index contributed by atoms with van der Waals surface area (Å²) in [5.74, 6) is 0.0444. The van der Waals surface area contributed by atoms with E-state index >= 15 is 4.39 Å². The zero-order valence-corrected chi connectivity index (χ0v) is 18.9. The zero-order chi connectivity index (χ0) is 23.1. The van der Waals surface area contributed by atoms with Gasteiger partial charge in [-0.2, -0.15) is 0 Å².